The third-order valence-electron chi connectivity index (χ3n) is 5.15. The maximum absolute atomic E-state index is 10.4. The molecule has 0 spiro atoms. The average molecular weight is 325 g/mol. The van der Waals surface area contributed by atoms with Gasteiger partial charge in [-0.1, -0.05) is 49.4 Å². The number of rotatable bonds is 5. The zero-order chi connectivity index (χ0) is 16.9. The largest absolute Gasteiger partial charge is 0.508 e. The summed E-state index contributed by atoms with van der Waals surface area (Å²) < 4.78 is 0. The zero-order valence-corrected chi connectivity index (χ0v) is 14.3. The maximum atomic E-state index is 10.4. The molecule has 0 radical (unpaired) electrons. The molecule has 2 N–H and O–H groups in total. The molecule has 3 atom stereocenters. The minimum Gasteiger partial charge on any atom is -0.508 e. The second kappa shape index (κ2) is 7.82. The zero-order valence-electron chi connectivity index (χ0n) is 14.3. The predicted molar refractivity (Wildman–Crippen MR) is 96.7 cm³/mol. The molecule has 3 unspecified atom stereocenters. The van der Waals surface area contributed by atoms with Gasteiger partial charge in [-0.2, -0.15) is 0 Å². The molecule has 0 aromatic heterocycles. The van der Waals surface area contributed by atoms with E-state index in [0.717, 1.165) is 32.2 Å². The number of aliphatic hydroxyl groups is 1. The molecular formula is C21H27NO2. The molecule has 3 heteroatoms. The Balaban J connectivity index is 1.78. The van der Waals surface area contributed by atoms with E-state index in [0.29, 0.717) is 5.92 Å². The van der Waals surface area contributed by atoms with Crippen LogP contribution in [-0.4, -0.2) is 27.9 Å². The quantitative estimate of drug-likeness (QED) is 0.869. The van der Waals surface area contributed by atoms with Crippen LogP contribution >= 0.6 is 0 Å². The van der Waals surface area contributed by atoms with Crippen LogP contribution in [0.3, 0.4) is 0 Å². The van der Waals surface area contributed by atoms with E-state index in [1.54, 1.807) is 12.1 Å². The van der Waals surface area contributed by atoms with E-state index in [1.165, 1.54) is 11.1 Å². The van der Waals surface area contributed by atoms with Crippen LogP contribution in [0.5, 0.6) is 5.75 Å². The molecule has 0 saturated carbocycles. The third kappa shape index (κ3) is 3.97. The summed E-state index contributed by atoms with van der Waals surface area (Å²) in [5.74, 6) is 0.907. The van der Waals surface area contributed by atoms with Crippen LogP contribution in [0.1, 0.15) is 43.4 Å². The van der Waals surface area contributed by atoms with Gasteiger partial charge in [0.25, 0.3) is 0 Å². The van der Waals surface area contributed by atoms with Crippen molar-refractivity contribution in [2.45, 2.75) is 44.9 Å². The van der Waals surface area contributed by atoms with E-state index < -0.39 is 6.23 Å². The molecule has 0 amide bonds. The first-order chi connectivity index (χ1) is 11.7. The molecule has 1 aliphatic heterocycles. The Morgan fingerprint density at radius 2 is 1.79 bits per heavy atom. The van der Waals surface area contributed by atoms with Crippen molar-refractivity contribution >= 4 is 0 Å². The smallest absolute Gasteiger partial charge is 0.115 e. The number of aliphatic hydroxyl groups excluding tert-OH is 1. The Morgan fingerprint density at radius 1 is 1.08 bits per heavy atom. The monoisotopic (exact) mass is 325 g/mol. The van der Waals surface area contributed by atoms with Crippen LogP contribution < -0.4 is 0 Å². The fraction of sp³-hybridized carbons (Fsp3) is 0.429. The summed E-state index contributed by atoms with van der Waals surface area (Å²) >= 11 is 0. The van der Waals surface area contributed by atoms with Crippen molar-refractivity contribution < 1.29 is 10.2 Å². The van der Waals surface area contributed by atoms with E-state index in [9.17, 15) is 10.2 Å². The highest BCUT2D eigenvalue weighted by molar-refractivity contribution is 5.28. The van der Waals surface area contributed by atoms with Gasteiger partial charge in [0.05, 0.1) is 0 Å². The standard InChI is InChI=1S/C21H27NO2/c1-2-21(24)22-13-12-17(14-16-6-4-3-5-7-16)15-20(22)18-8-10-19(23)11-9-18/h3-11,17,20-21,23-24H,2,12-15H2,1H3. The Hall–Kier alpha value is -1.84. The number of piperidine rings is 1. The minimum absolute atomic E-state index is 0.211. The van der Waals surface area contributed by atoms with Crippen molar-refractivity contribution in [2.24, 2.45) is 5.92 Å². The number of phenols is 1. The van der Waals surface area contributed by atoms with E-state index in [1.807, 2.05) is 19.1 Å². The van der Waals surface area contributed by atoms with E-state index >= 15 is 0 Å². The third-order valence-corrected chi connectivity index (χ3v) is 5.15. The molecule has 2 aromatic rings. The molecule has 0 bridgehead atoms. The van der Waals surface area contributed by atoms with Gasteiger partial charge in [0.15, 0.2) is 0 Å². The van der Waals surface area contributed by atoms with Crippen molar-refractivity contribution in [2.75, 3.05) is 6.54 Å². The first kappa shape index (κ1) is 17.0. The summed E-state index contributed by atoms with van der Waals surface area (Å²) in [5.41, 5.74) is 2.56. The number of likely N-dealkylation sites (tertiary alicyclic amines) is 1. The molecule has 24 heavy (non-hydrogen) atoms. The summed E-state index contributed by atoms with van der Waals surface area (Å²) in [6.07, 6.45) is 3.57. The van der Waals surface area contributed by atoms with E-state index in [4.69, 9.17) is 0 Å². The number of benzene rings is 2. The fourth-order valence-electron chi connectivity index (χ4n) is 3.80. The molecule has 1 fully saturated rings. The molecule has 1 saturated heterocycles. The van der Waals surface area contributed by atoms with Gasteiger partial charge in [0.2, 0.25) is 0 Å². The van der Waals surface area contributed by atoms with Gasteiger partial charge in [-0.25, -0.2) is 0 Å². The van der Waals surface area contributed by atoms with Gasteiger partial charge in [-0.05, 0) is 54.9 Å². The number of nitrogens with zero attached hydrogens (tertiary/aromatic N) is 1. The van der Waals surface area contributed by atoms with Crippen LogP contribution in [0.2, 0.25) is 0 Å². The maximum Gasteiger partial charge on any atom is 0.115 e. The Labute approximate surface area is 144 Å². The molecular weight excluding hydrogens is 298 g/mol. The van der Waals surface area contributed by atoms with Crippen molar-refractivity contribution in [1.29, 1.82) is 0 Å². The van der Waals surface area contributed by atoms with Crippen LogP contribution in [-0.2, 0) is 6.42 Å². The summed E-state index contributed by atoms with van der Waals surface area (Å²) in [4.78, 5) is 2.22. The lowest BCUT2D eigenvalue weighted by Crippen LogP contribution is -2.43. The molecule has 1 heterocycles. The van der Waals surface area contributed by atoms with Gasteiger partial charge >= 0.3 is 0 Å². The predicted octanol–water partition coefficient (Wildman–Crippen LogP) is 4.12. The fourth-order valence-corrected chi connectivity index (χ4v) is 3.80. The van der Waals surface area contributed by atoms with E-state index in [-0.39, 0.29) is 11.8 Å². The Kier molecular flexibility index (Phi) is 5.54. The lowest BCUT2D eigenvalue weighted by atomic mass is 9.83. The lowest BCUT2D eigenvalue weighted by molar-refractivity contribution is -0.0538. The van der Waals surface area contributed by atoms with Crippen LogP contribution in [0.25, 0.3) is 0 Å². The van der Waals surface area contributed by atoms with Gasteiger partial charge in [-0.3, -0.25) is 4.90 Å². The SMILES string of the molecule is CCC(O)N1CCC(Cc2ccccc2)CC1c1ccc(O)cc1. The van der Waals surface area contributed by atoms with E-state index in [2.05, 4.69) is 35.2 Å². The van der Waals surface area contributed by atoms with Crippen LogP contribution in [0.15, 0.2) is 54.6 Å². The van der Waals surface area contributed by atoms with Gasteiger partial charge in [-0.15, -0.1) is 0 Å². The summed E-state index contributed by atoms with van der Waals surface area (Å²) in [6.45, 7) is 2.94. The summed E-state index contributed by atoms with van der Waals surface area (Å²) in [6, 6.07) is 18.3. The average Bonchev–Trinajstić information content (AvgIpc) is 2.62. The van der Waals surface area contributed by atoms with Crippen LogP contribution in [0, 0.1) is 5.92 Å². The molecule has 1 aliphatic rings. The number of aromatic hydroxyl groups is 1. The number of hydrogen-bond donors (Lipinski definition) is 2. The topological polar surface area (TPSA) is 43.7 Å². The minimum atomic E-state index is -0.401. The highest BCUT2D eigenvalue weighted by Crippen LogP contribution is 2.37. The highest BCUT2D eigenvalue weighted by atomic mass is 16.3. The Bertz CT molecular complexity index is 626. The van der Waals surface area contributed by atoms with Crippen molar-refractivity contribution in [1.82, 2.24) is 4.90 Å². The normalized spacial score (nSPS) is 23.1. The van der Waals surface area contributed by atoms with Gasteiger partial charge < -0.3 is 10.2 Å². The molecule has 128 valence electrons. The molecule has 3 nitrogen and oxygen atoms in total. The molecule has 2 aromatic carbocycles. The van der Waals surface area contributed by atoms with Crippen molar-refractivity contribution in [3.63, 3.8) is 0 Å². The second-order valence-electron chi connectivity index (χ2n) is 6.81. The first-order valence-corrected chi connectivity index (χ1v) is 8.94. The first-order valence-electron chi connectivity index (χ1n) is 8.94. The molecule has 3 rings (SSSR count). The summed E-state index contributed by atoms with van der Waals surface area (Å²) in [5, 5.41) is 20.0. The van der Waals surface area contributed by atoms with Gasteiger partial charge in [0.1, 0.15) is 12.0 Å². The molecule has 0 aliphatic carbocycles. The van der Waals surface area contributed by atoms with Crippen LogP contribution in [0.4, 0.5) is 0 Å². The lowest BCUT2D eigenvalue weighted by Gasteiger charge is -2.42. The second-order valence-corrected chi connectivity index (χ2v) is 6.81. The van der Waals surface area contributed by atoms with Crippen molar-refractivity contribution in [3.05, 3.63) is 65.7 Å². The van der Waals surface area contributed by atoms with Crippen molar-refractivity contribution in [3.8, 4) is 5.75 Å². The number of hydrogen-bond acceptors (Lipinski definition) is 3. The number of phenolic OH excluding ortho intramolecular Hbond substituents is 1. The highest BCUT2D eigenvalue weighted by Gasteiger charge is 2.32. The Morgan fingerprint density at radius 3 is 2.46 bits per heavy atom. The van der Waals surface area contributed by atoms with Gasteiger partial charge in [0, 0.05) is 12.6 Å². The summed E-state index contributed by atoms with van der Waals surface area (Å²) in [7, 11) is 0.